The topological polar surface area (TPSA) is 81.1 Å². The number of nitrogens with zero attached hydrogens (tertiary/aromatic N) is 2. The molecule has 6 nitrogen and oxygen atoms in total. The van der Waals surface area contributed by atoms with E-state index >= 15 is 0 Å². The van der Waals surface area contributed by atoms with Crippen molar-refractivity contribution < 1.29 is 13.2 Å². The Kier molecular flexibility index (Phi) is 4.70. The first-order valence-electron chi connectivity index (χ1n) is 7.33. The number of carbonyl (C=O) groups is 1. The van der Waals surface area contributed by atoms with Crippen LogP contribution in [0, 0.1) is 12.8 Å². The molecule has 0 radical (unpaired) electrons. The number of nitrogens with one attached hydrogen (secondary N) is 1. The average molecular weight is 313 g/mol. The van der Waals surface area contributed by atoms with Gasteiger partial charge in [-0.15, -0.1) is 0 Å². The van der Waals surface area contributed by atoms with Crippen LogP contribution < -0.4 is 5.32 Å². The van der Waals surface area contributed by atoms with Crippen LogP contribution in [0.25, 0.3) is 0 Å². The summed E-state index contributed by atoms with van der Waals surface area (Å²) in [5, 5.41) is 7.10. The molecule has 1 aromatic rings. The fraction of sp³-hybridized carbons (Fsp3) is 0.714. The van der Waals surface area contributed by atoms with Gasteiger partial charge in [-0.2, -0.15) is 5.10 Å². The lowest BCUT2D eigenvalue weighted by Gasteiger charge is -2.11. The lowest BCUT2D eigenvalue weighted by atomic mass is 10.1. The number of rotatable bonds is 5. The summed E-state index contributed by atoms with van der Waals surface area (Å²) in [5.74, 6) is 0.717. The highest BCUT2D eigenvalue weighted by molar-refractivity contribution is 7.91. The molecule has 21 heavy (non-hydrogen) atoms. The smallest absolute Gasteiger partial charge is 0.254 e. The monoisotopic (exact) mass is 313 g/mol. The Morgan fingerprint density at radius 1 is 1.52 bits per heavy atom. The Hall–Kier alpha value is -1.37. The summed E-state index contributed by atoms with van der Waals surface area (Å²) < 4.78 is 24.8. The first-order chi connectivity index (χ1) is 9.80. The van der Waals surface area contributed by atoms with Crippen molar-refractivity contribution in [1.29, 1.82) is 0 Å². The first kappa shape index (κ1) is 16.0. The van der Waals surface area contributed by atoms with Crippen molar-refractivity contribution in [2.45, 2.75) is 39.7 Å². The van der Waals surface area contributed by atoms with Crippen molar-refractivity contribution in [2.24, 2.45) is 5.92 Å². The molecule has 1 amide bonds. The molecular weight excluding hydrogens is 290 g/mol. The van der Waals surface area contributed by atoms with E-state index in [9.17, 15) is 13.2 Å². The van der Waals surface area contributed by atoms with Crippen LogP contribution in [0.1, 0.15) is 48.8 Å². The van der Waals surface area contributed by atoms with Gasteiger partial charge in [-0.25, -0.2) is 8.42 Å². The summed E-state index contributed by atoms with van der Waals surface area (Å²) >= 11 is 0. The molecule has 1 fully saturated rings. The molecule has 2 heterocycles. The molecule has 7 heteroatoms. The Balaban J connectivity index is 2.05. The van der Waals surface area contributed by atoms with Crippen LogP contribution in [0.3, 0.4) is 0 Å². The number of amides is 1. The molecule has 0 bridgehead atoms. The van der Waals surface area contributed by atoms with E-state index in [1.165, 1.54) is 6.20 Å². The summed E-state index contributed by atoms with van der Waals surface area (Å²) in [6.07, 6.45) is 3.03. The van der Waals surface area contributed by atoms with Gasteiger partial charge in [-0.05, 0) is 25.7 Å². The van der Waals surface area contributed by atoms with Crippen molar-refractivity contribution in [2.75, 3.05) is 18.1 Å². The molecular formula is C14H23N3O3S. The average Bonchev–Trinajstić information content (AvgIpc) is 2.91. The maximum absolute atomic E-state index is 12.1. The second-order valence-corrected chi connectivity index (χ2v) is 8.31. The quantitative estimate of drug-likeness (QED) is 0.889. The van der Waals surface area contributed by atoms with Gasteiger partial charge in [0.05, 0.1) is 29.3 Å². The van der Waals surface area contributed by atoms with Gasteiger partial charge in [0.15, 0.2) is 9.84 Å². The second-order valence-electron chi connectivity index (χ2n) is 6.08. The number of hydrogen-bond acceptors (Lipinski definition) is 4. The van der Waals surface area contributed by atoms with Crippen molar-refractivity contribution >= 4 is 15.7 Å². The third-order valence-electron chi connectivity index (χ3n) is 3.85. The van der Waals surface area contributed by atoms with Gasteiger partial charge < -0.3 is 5.32 Å². The molecule has 1 atom stereocenters. The van der Waals surface area contributed by atoms with Crippen LogP contribution in [0.2, 0.25) is 0 Å². The summed E-state index contributed by atoms with van der Waals surface area (Å²) in [5.41, 5.74) is 1.27. The van der Waals surface area contributed by atoms with Crippen molar-refractivity contribution in [3.8, 4) is 0 Å². The standard InChI is InChI=1S/C14H23N3O3S/c1-10(2)4-6-15-14(18)13-8-16-17(11(13)3)12-5-7-21(19,20)9-12/h8,10,12H,4-7,9H2,1-3H3,(H,15,18). The summed E-state index contributed by atoms with van der Waals surface area (Å²) in [4.78, 5) is 12.1. The van der Waals surface area contributed by atoms with Gasteiger partial charge in [0, 0.05) is 12.2 Å². The van der Waals surface area contributed by atoms with Gasteiger partial charge in [0.25, 0.3) is 5.91 Å². The van der Waals surface area contributed by atoms with E-state index in [-0.39, 0.29) is 23.5 Å². The van der Waals surface area contributed by atoms with E-state index in [1.54, 1.807) is 4.68 Å². The molecule has 1 saturated heterocycles. The zero-order valence-corrected chi connectivity index (χ0v) is 13.6. The highest BCUT2D eigenvalue weighted by Crippen LogP contribution is 2.25. The zero-order valence-electron chi connectivity index (χ0n) is 12.8. The number of hydrogen-bond donors (Lipinski definition) is 1. The van der Waals surface area contributed by atoms with Crippen LogP contribution in [0.4, 0.5) is 0 Å². The van der Waals surface area contributed by atoms with Crippen LogP contribution in [0.5, 0.6) is 0 Å². The van der Waals surface area contributed by atoms with Gasteiger partial charge in [0.2, 0.25) is 0 Å². The molecule has 1 aromatic heterocycles. The van der Waals surface area contributed by atoms with Gasteiger partial charge in [0.1, 0.15) is 0 Å². The summed E-state index contributed by atoms with van der Waals surface area (Å²) in [6.45, 7) is 6.67. The predicted molar refractivity (Wildman–Crippen MR) is 81.1 cm³/mol. The van der Waals surface area contributed by atoms with Crippen molar-refractivity contribution in [3.63, 3.8) is 0 Å². The molecule has 1 aliphatic rings. The SMILES string of the molecule is Cc1c(C(=O)NCCC(C)C)cnn1C1CCS(=O)(=O)C1. The van der Waals surface area contributed by atoms with E-state index in [2.05, 4.69) is 24.3 Å². The molecule has 0 saturated carbocycles. The third kappa shape index (κ3) is 3.84. The Bertz CT molecular complexity index is 619. The highest BCUT2D eigenvalue weighted by Gasteiger charge is 2.31. The predicted octanol–water partition coefficient (Wildman–Crippen LogP) is 1.33. The highest BCUT2D eigenvalue weighted by atomic mass is 32.2. The van der Waals surface area contributed by atoms with Crippen molar-refractivity contribution in [1.82, 2.24) is 15.1 Å². The van der Waals surface area contributed by atoms with Crippen LogP contribution >= 0.6 is 0 Å². The fourth-order valence-electron chi connectivity index (χ4n) is 2.55. The van der Waals surface area contributed by atoms with E-state index in [1.807, 2.05) is 6.92 Å². The molecule has 0 aliphatic carbocycles. The lowest BCUT2D eigenvalue weighted by molar-refractivity contribution is 0.0951. The minimum atomic E-state index is -2.96. The maximum atomic E-state index is 12.1. The van der Waals surface area contributed by atoms with Gasteiger partial charge in [-0.3, -0.25) is 9.48 Å². The maximum Gasteiger partial charge on any atom is 0.254 e. The lowest BCUT2D eigenvalue weighted by Crippen LogP contribution is -2.26. The first-order valence-corrected chi connectivity index (χ1v) is 9.15. The minimum Gasteiger partial charge on any atom is -0.352 e. The molecule has 1 unspecified atom stereocenters. The number of aromatic nitrogens is 2. The Morgan fingerprint density at radius 2 is 2.24 bits per heavy atom. The molecule has 0 spiro atoms. The van der Waals surface area contributed by atoms with E-state index in [0.717, 1.165) is 12.1 Å². The van der Waals surface area contributed by atoms with Crippen LogP contribution in [0.15, 0.2) is 6.20 Å². The molecule has 118 valence electrons. The van der Waals surface area contributed by atoms with Crippen molar-refractivity contribution in [3.05, 3.63) is 17.5 Å². The zero-order chi connectivity index (χ0) is 15.6. The van der Waals surface area contributed by atoms with Crippen LogP contribution in [-0.2, 0) is 9.84 Å². The van der Waals surface area contributed by atoms with Gasteiger partial charge in [-0.1, -0.05) is 13.8 Å². The van der Waals surface area contributed by atoms with E-state index in [0.29, 0.717) is 24.4 Å². The summed E-state index contributed by atoms with van der Waals surface area (Å²) in [6, 6.07) is -0.146. The fourth-order valence-corrected chi connectivity index (χ4v) is 4.24. The second kappa shape index (κ2) is 6.17. The Labute approximate surface area is 125 Å². The largest absolute Gasteiger partial charge is 0.352 e. The molecule has 0 aromatic carbocycles. The minimum absolute atomic E-state index is 0.115. The summed E-state index contributed by atoms with van der Waals surface area (Å²) in [7, 11) is -2.96. The van der Waals surface area contributed by atoms with Gasteiger partial charge >= 0.3 is 0 Å². The Morgan fingerprint density at radius 3 is 2.81 bits per heavy atom. The normalized spacial score (nSPS) is 20.9. The molecule has 1 N–H and O–H groups in total. The van der Waals surface area contributed by atoms with E-state index in [4.69, 9.17) is 0 Å². The third-order valence-corrected chi connectivity index (χ3v) is 5.60. The number of carbonyl (C=O) groups excluding carboxylic acids is 1. The molecule has 2 rings (SSSR count). The van der Waals surface area contributed by atoms with E-state index < -0.39 is 9.84 Å². The molecule has 1 aliphatic heterocycles. The van der Waals surface area contributed by atoms with Crippen LogP contribution in [-0.4, -0.2) is 42.2 Å². The number of sulfone groups is 1.